The number of pyridine rings is 1. The van der Waals surface area contributed by atoms with Crippen LogP contribution in [0.5, 0.6) is 0 Å². The summed E-state index contributed by atoms with van der Waals surface area (Å²) in [7, 11) is 0. The van der Waals surface area contributed by atoms with Crippen LogP contribution in [0.3, 0.4) is 0 Å². The first-order chi connectivity index (χ1) is 7.29. The monoisotopic (exact) mass is 305 g/mol. The third-order valence-electron chi connectivity index (χ3n) is 1.85. The molecule has 90 valence electrons. The molecule has 1 rings (SSSR count). The summed E-state index contributed by atoms with van der Waals surface area (Å²) in [5, 5.41) is 8.77. The summed E-state index contributed by atoms with van der Waals surface area (Å²) >= 11 is 2.70. The van der Waals surface area contributed by atoms with E-state index < -0.39 is 35.9 Å². The van der Waals surface area contributed by atoms with Crippen molar-refractivity contribution >= 4 is 15.9 Å². The second kappa shape index (κ2) is 4.62. The van der Waals surface area contributed by atoms with Gasteiger partial charge in [0, 0.05) is 17.3 Å². The van der Waals surface area contributed by atoms with Crippen molar-refractivity contribution in [1.82, 2.24) is 4.98 Å². The van der Waals surface area contributed by atoms with Gasteiger partial charge in [0.15, 0.2) is 0 Å². The minimum absolute atomic E-state index is 0.224. The number of nitrogens with zero attached hydrogens (tertiary/aromatic N) is 1. The lowest BCUT2D eigenvalue weighted by molar-refractivity contribution is -0.139. The number of hydrogen-bond acceptors (Lipinski definition) is 2. The molecule has 1 aromatic rings. The molecule has 0 aliphatic rings. The van der Waals surface area contributed by atoms with Gasteiger partial charge in [0.2, 0.25) is 0 Å². The molecule has 0 fully saturated rings. The molecule has 0 aliphatic carbocycles. The molecular formula is C8H5BrF5NO. The van der Waals surface area contributed by atoms with E-state index in [1.54, 1.807) is 0 Å². The van der Waals surface area contributed by atoms with Crippen molar-refractivity contribution in [3.05, 3.63) is 27.5 Å². The van der Waals surface area contributed by atoms with Gasteiger partial charge in [-0.25, -0.2) is 13.8 Å². The van der Waals surface area contributed by atoms with Crippen LogP contribution in [-0.4, -0.2) is 10.1 Å². The zero-order chi connectivity index (χ0) is 12.5. The van der Waals surface area contributed by atoms with Crippen LogP contribution in [0.2, 0.25) is 0 Å². The van der Waals surface area contributed by atoms with Crippen LogP contribution in [-0.2, 0) is 12.8 Å². The van der Waals surface area contributed by atoms with E-state index in [1.165, 1.54) is 0 Å². The maximum absolute atomic E-state index is 12.5. The van der Waals surface area contributed by atoms with Crippen LogP contribution in [0.25, 0.3) is 0 Å². The minimum atomic E-state index is -4.93. The predicted molar refractivity (Wildman–Crippen MR) is 47.8 cm³/mol. The van der Waals surface area contributed by atoms with Gasteiger partial charge in [-0.3, -0.25) is 0 Å². The standard InChI is InChI=1S/C8H5BrF5NO/c9-6-3(2-16)5(7(10)11)4(1-15-6)8(12,13)14/h1,7,16H,2H2. The molecule has 0 saturated carbocycles. The molecule has 0 radical (unpaired) electrons. The second-order valence-corrected chi connectivity index (χ2v) is 3.56. The van der Waals surface area contributed by atoms with E-state index in [2.05, 4.69) is 20.9 Å². The smallest absolute Gasteiger partial charge is 0.392 e. The molecule has 0 amide bonds. The molecule has 16 heavy (non-hydrogen) atoms. The molecule has 0 aromatic carbocycles. The number of aromatic nitrogens is 1. The van der Waals surface area contributed by atoms with Crippen molar-refractivity contribution in [3.8, 4) is 0 Å². The fraction of sp³-hybridized carbons (Fsp3) is 0.375. The summed E-state index contributed by atoms with van der Waals surface area (Å²) in [5.41, 5.74) is -3.32. The lowest BCUT2D eigenvalue weighted by atomic mass is 10.1. The zero-order valence-electron chi connectivity index (χ0n) is 7.52. The summed E-state index contributed by atoms with van der Waals surface area (Å²) in [6.07, 6.45) is -7.95. The third kappa shape index (κ3) is 2.49. The van der Waals surface area contributed by atoms with Crippen molar-refractivity contribution in [2.24, 2.45) is 0 Å². The zero-order valence-corrected chi connectivity index (χ0v) is 9.11. The van der Waals surface area contributed by atoms with E-state index in [9.17, 15) is 22.0 Å². The Kier molecular flexibility index (Phi) is 3.84. The Bertz CT molecular complexity index is 393. The number of aliphatic hydroxyl groups excluding tert-OH is 1. The highest BCUT2D eigenvalue weighted by Crippen LogP contribution is 2.39. The van der Waals surface area contributed by atoms with Crippen LogP contribution in [0.1, 0.15) is 23.1 Å². The second-order valence-electron chi connectivity index (χ2n) is 2.81. The highest BCUT2D eigenvalue weighted by molar-refractivity contribution is 9.10. The number of halogens is 6. The number of rotatable bonds is 2. The van der Waals surface area contributed by atoms with Crippen LogP contribution < -0.4 is 0 Å². The van der Waals surface area contributed by atoms with Gasteiger partial charge in [-0.1, -0.05) is 0 Å². The van der Waals surface area contributed by atoms with E-state index in [0.717, 1.165) is 0 Å². The van der Waals surface area contributed by atoms with Crippen molar-refractivity contribution in [1.29, 1.82) is 0 Å². The first-order valence-electron chi connectivity index (χ1n) is 3.92. The molecule has 1 aromatic heterocycles. The van der Waals surface area contributed by atoms with E-state index in [1.807, 2.05) is 0 Å². The predicted octanol–water partition coefficient (Wildman–Crippen LogP) is 3.29. The minimum Gasteiger partial charge on any atom is -0.392 e. The van der Waals surface area contributed by atoms with Gasteiger partial charge < -0.3 is 5.11 Å². The third-order valence-corrected chi connectivity index (χ3v) is 2.54. The van der Waals surface area contributed by atoms with Crippen molar-refractivity contribution in [2.75, 3.05) is 0 Å². The molecule has 0 unspecified atom stereocenters. The first kappa shape index (κ1) is 13.3. The Hall–Kier alpha value is -0.760. The lowest BCUT2D eigenvalue weighted by Crippen LogP contribution is -2.13. The van der Waals surface area contributed by atoms with Crippen LogP contribution in [0.15, 0.2) is 10.8 Å². The maximum atomic E-state index is 12.5. The topological polar surface area (TPSA) is 33.1 Å². The number of alkyl halides is 5. The molecule has 2 nitrogen and oxygen atoms in total. The van der Waals surface area contributed by atoms with Gasteiger partial charge in [0.25, 0.3) is 6.43 Å². The van der Waals surface area contributed by atoms with E-state index in [4.69, 9.17) is 5.11 Å². The molecule has 0 atom stereocenters. The Morgan fingerprint density at radius 3 is 2.31 bits per heavy atom. The van der Waals surface area contributed by atoms with E-state index >= 15 is 0 Å². The summed E-state index contributed by atoms with van der Waals surface area (Å²) in [6, 6.07) is 0. The largest absolute Gasteiger partial charge is 0.418 e. The molecular weight excluding hydrogens is 301 g/mol. The summed E-state index contributed by atoms with van der Waals surface area (Å²) in [6.45, 7) is -0.947. The Morgan fingerprint density at radius 1 is 1.38 bits per heavy atom. The van der Waals surface area contributed by atoms with Crippen molar-refractivity contribution < 1.29 is 27.1 Å². The Labute approximate surface area is 95.2 Å². The van der Waals surface area contributed by atoms with Crippen molar-refractivity contribution in [3.63, 3.8) is 0 Å². The van der Waals surface area contributed by atoms with Crippen LogP contribution >= 0.6 is 15.9 Å². The van der Waals surface area contributed by atoms with Gasteiger partial charge in [0.05, 0.1) is 12.2 Å². The van der Waals surface area contributed by atoms with Crippen LogP contribution in [0, 0.1) is 0 Å². The molecule has 1 heterocycles. The van der Waals surface area contributed by atoms with Gasteiger partial charge in [0.1, 0.15) is 4.60 Å². The maximum Gasteiger partial charge on any atom is 0.418 e. The summed E-state index contributed by atoms with van der Waals surface area (Å²) < 4.78 is 62.0. The normalized spacial score (nSPS) is 12.2. The molecule has 1 N–H and O–H groups in total. The molecule has 8 heteroatoms. The van der Waals surface area contributed by atoms with Crippen molar-refractivity contribution in [2.45, 2.75) is 19.2 Å². The fourth-order valence-corrected chi connectivity index (χ4v) is 1.61. The summed E-state index contributed by atoms with van der Waals surface area (Å²) in [4.78, 5) is 3.26. The SMILES string of the molecule is OCc1c(Br)ncc(C(F)(F)F)c1C(F)F. The quantitative estimate of drug-likeness (QED) is 0.672. The Morgan fingerprint density at radius 2 is 1.94 bits per heavy atom. The summed E-state index contributed by atoms with van der Waals surface area (Å²) in [5.74, 6) is 0. The Balaban J connectivity index is 3.52. The van der Waals surface area contributed by atoms with Gasteiger partial charge in [-0.05, 0) is 15.9 Å². The molecule has 0 bridgehead atoms. The van der Waals surface area contributed by atoms with Gasteiger partial charge >= 0.3 is 6.18 Å². The molecule has 0 spiro atoms. The van der Waals surface area contributed by atoms with E-state index in [-0.39, 0.29) is 4.60 Å². The average Bonchev–Trinajstić information content (AvgIpc) is 2.14. The highest BCUT2D eigenvalue weighted by Gasteiger charge is 2.38. The molecule has 0 saturated heterocycles. The lowest BCUT2D eigenvalue weighted by Gasteiger charge is -2.15. The number of aliphatic hydroxyl groups is 1. The van der Waals surface area contributed by atoms with Gasteiger partial charge in [-0.2, -0.15) is 13.2 Å². The highest BCUT2D eigenvalue weighted by atomic mass is 79.9. The van der Waals surface area contributed by atoms with Crippen LogP contribution in [0.4, 0.5) is 22.0 Å². The van der Waals surface area contributed by atoms with E-state index in [0.29, 0.717) is 6.20 Å². The van der Waals surface area contributed by atoms with Gasteiger partial charge in [-0.15, -0.1) is 0 Å². The molecule has 0 aliphatic heterocycles. The first-order valence-corrected chi connectivity index (χ1v) is 4.71. The average molecular weight is 306 g/mol. The number of hydrogen-bond donors (Lipinski definition) is 1. The fourth-order valence-electron chi connectivity index (χ4n) is 1.17.